The van der Waals surface area contributed by atoms with Crippen LogP contribution in [0.5, 0.6) is 0 Å². The first-order valence-electron chi connectivity index (χ1n) is 11.3. The minimum absolute atomic E-state index is 0. The van der Waals surface area contributed by atoms with Crippen LogP contribution in [0.2, 0.25) is 0 Å². The molecule has 2 N–H and O–H groups in total. The summed E-state index contributed by atoms with van der Waals surface area (Å²) in [4.78, 5) is 21.9. The van der Waals surface area contributed by atoms with Crippen LogP contribution in [0.15, 0.2) is 12.2 Å². The van der Waals surface area contributed by atoms with Crippen molar-refractivity contribution in [3.63, 3.8) is 0 Å². The van der Waals surface area contributed by atoms with E-state index in [-0.39, 0.29) is 48.4 Å². The molecule has 0 fully saturated rings. The van der Waals surface area contributed by atoms with Crippen LogP contribution in [0.1, 0.15) is 110 Å². The zero-order valence-electron chi connectivity index (χ0n) is 19.0. The van der Waals surface area contributed by atoms with Gasteiger partial charge in [-0.3, -0.25) is 4.79 Å². The van der Waals surface area contributed by atoms with Crippen molar-refractivity contribution < 1.29 is 49.0 Å². The van der Waals surface area contributed by atoms with Gasteiger partial charge in [0.1, 0.15) is 0 Å². The minimum Gasteiger partial charge on any atom is -0.548 e. The van der Waals surface area contributed by atoms with Crippen LogP contribution in [0, 0.1) is 0 Å². The summed E-state index contributed by atoms with van der Waals surface area (Å²) >= 11 is 0. The van der Waals surface area contributed by atoms with Gasteiger partial charge in [0.2, 0.25) is 0 Å². The van der Waals surface area contributed by atoms with Crippen LogP contribution >= 0.6 is 0 Å². The van der Waals surface area contributed by atoms with Crippen molar-refractivity contribution in [1.82, 2.24) is 0 Å². The molecule has 0 aliphatic carbocycles. The average Bonchev–Trinajstić information content (AvgIpc) is 2.68. The molecule has 0 radical (unpaired) electrons. The number of hydrogen-bond donors (Lipinski definition) is 1. The Morgan fingerprint density at radius 1 is 0.862 bits per heavy atom. The van der Waals surface area contributed by atoms with Gasteiger partial charge in [-0.25, -0.2) is 0 Å². The molecule has 0 rings (SSSR count). The van der Waals surface area contributed by atoms with E-state index in [1.807, 2.05) is 0 Å². The van der Waals surface area contributed by atoms with Gasteiger partial charge in [0, 0.05) is 12.5 Å². The smallest absolute Gasteiger partial charge is 0.548 e. The first-order chi connectivity index (χ1) is 13.6. The number of carbonyl (C=O) groups is 2. The second-order valence-corrected chi connectivity index (χ2v) is 7.62. The maximum atomic E-state index is 11.4. The van der Waals surface area contributed by atoms with Gasteiger partial charge < -0.3 is 20.4 Å². The van der Waals surface area contributed by atoms with Crippen molar-refractivity contribution >= 4 is 11.9 Å². The van der Waals surface area contributed by atoms with E-state index in [1.165, 1.54) is 70.6 Å². The molecule has 0 aliphatic heterocycles. The Bertz CT molecular complexity index is 416. The van der Waals surface area contributed by atoms with Crippen molar-refractivity contribution in [3.05, 3.63) is 12.2 Å². The topological polar surface area (TPSA) is 92.5 Å². The molecule has 29 heavy (non-hydrogen) atoms. The molecule has 6 heteroatoms. The van der Waals surface area contributed by atoms with Gasteiger partial charge in [0.15, 0.2) is 0 Å². The molecule has 0 spiro atoms. The van der Waals surface area contributed by atoms with E-state index in [0.29, 0.717) is 6.61 Å². The molecule has 0 aromatic carbocycles. The standard InChI is InChI=1S/C23H43NO4.Na/c1-2-3-4-5-6-7-8-9-10-11-12-13-14-15-16-17-20-28-22(25)19-18-21(24)23(26)27;/h9-10,21H,2-8,11-20,24H2,1H3,(H,26,27);/q;+1/p-1/b10-9-;/t21-;/m0./s1. The molecule has 0 aromatic rings. The van der Waals surface area contributed by atoms with Gasteiger partial charge in [-0.1, -0.05) is 76.9 Å². The van der Waals surface area contributed by atoms with Crippen molar-refractivity contribution in [2.45, 2.75) is 116 Å². The third-order valence-electron chi connectivity index (χ3n) is 4.88. The zero-order chi connectivity index (χ0) is 20.9. The Morgan fingerprint density at radius 2 is 1.34 bits per heavy atom. The Labute approximate surface area is 200 Å². The molecule has 0 saturated carbocycles. The molecule has 5 nitrogen and oxygen atoms in total. The average molecular weight is 420 g/mol. The summed E-state index contributed by atoms with van der Waals surface area (Å²) in [5.74, 6) is -1.72. The summed E-state index contributed by atoms with van der Waals surface area (Å²) in [5.41, 5.74) is 5.29. The number of allylic oxidation sites excluding steroid dienone is 2. The molecule has 0 heterocycles. The fourth-order valence-electron chi connectivity index (χ4n) is 3.00. The number of carbonyl (C=O) groups excluding carboxylic acids is 2. The number of carboxylic acid groups (broad SMARTS) is 1. The Morgan fingerprint density at radius 3 is 1.86 bits per heavy atom. The van der Waals surface area contributed by atoms with Crippen LogP contribution in [-0.4, -0.2) is 24.6 Å². The molecule has 0 aromatic heterocycles. The summed E-state index contributed by atoms with van der Waals surface area (Å²) in [6.07, 6.45) is 22.1. The first kappa shape index (κ1) is 30.8. The Kier molecular flexibility index (Phi) is 25.4. The molecule has 0 bridgehead atoms. The number of carboxylic acids is 1. The Balaban J connectivity index is 0. The molecular weight excluding hydrogens is 377 g/mol. The van der Waals surface area contributed by atoms with Crippen LogP contribution in [0.25, 0.3) is 0 Å². The third-order valence-corrected chi connectivity index (χ3v) is 4.88. The molecule has 0 saturated heterocycles. The van der Waals surface area contributed by atoms with Crippen molar-refractivity contribution in [2.24, 2.45) is 5.73 Å². The van der Waals surface area contributed by atoms with E-state index in [4.69, 9.17) is 10.5 Å². The van der Waals surface area contributed by atoms with E-state index in [1.54, 1.807) is 0 Å². The fraction of sp³-hybridized carbons (Fsp3) is 0.826. The summed E-state index contributed by atoms with van der Waals surface area (Å²) < 4.78 is 5.07. The van der Waals surface area contributed by atoms with E-state index in [2.05, 4.69) is 19.1 Å². The van der Waals surface area contributed by atoms with Crippen LogP contribution < -0.4 is 40.4 Å². The van der Waals surface area contributed by atoms with E-state index >= 15 is 0 Å². The van der Waals surface area contributed by atoms with Crippen molar-refractivity contribution in [1.29, 1.82) is 0 Å². The third kappa shape index (κ3) is 23.8. The molecular formula is C23H42NNaO4. The largest absolute Gasteiger partial charge is 1.00 e. The zero-order valence-corrected chi connectivity index (χ0v) is 21.0. The summed E-state index contributed by atoms with van der Waals surface area (Å²) in [6.45, 7) is 2.66. The second kappa shape index (κ2) is 23.9. The minimum atomic E-state index is -1.33. The van der Waals surface area contributed by atoms with E-state index < -0.39 is 12.0 Å². The number of hydrogen-bond acceptors (Lipinski definition) is 5. The summed E-state index contributed by atoms with van der Waals surface area (Å²) in [7, 11) is 0. The maximum Gasteiger partial charge on any atom is 1.00 e. The van der Waals surface area contributed by atoms with Gasteiger partial charge in [-0.15, -0.1) is 0 Å². The molecule has 164 valence electrons. The molecule has 0 amide bonds. The van der Waals surface area contributed by atoms with Gasteiger partial charge in [-0.05, 0) is 38.5 Å². The monoisotopic (exact) mass is 419 g/mol. The number of ether oxygens (including phenoxy) is 1. The predicted molar refractivity (Wildman–Crippen MR) is 113 cm³/mol. The van der Waals surface area contributed by atoms with Crippen LogP contribution in [0.3, 0.4) is 0 Å². The SMILES string of the molecule is CCCCCCCC/C=C\CCCCCCCCOC(=O)CC[C@H](N)C(=O)[O-].[Na+]. The van der Waals surface area contributed by atoms with Crippen LogP contribution in [0.4, 0.5) is 0 Å². The van der Waals surface area contributed by atoms with Gasteiger partial charge in [-0.2, -0.15) is 0 Å². The fourth-order valence-corrected chi connectivity index (χ4v) is 3.00. The number of esters is 1. The van der Waals surface area contributed by atoms with Crippen molar-refractivity contribution in [2.75, 3.05) is 6.61 Å². The molecule has 1 atom stereocenters. The Hall–Kier alpha value is -0.360. The predicted octanol–water partition coefficient (Wildman–Crippen LogP) is 1.43. The first-order valence-corrected chi connectivity index (χ1v) is 11.3. The van der Waals surface area contributed by atoms with Crippen molar-refractivity contribution in [3.8, 4) is 0 Å². The normalized spacial score (nSPS) is 11.9. The number of nitrogens with two attached hydrogens (primary N) is 1. The second-order valence-electron chi connectivity index (χ2n) is 7.62. The van der Waals surface area contributed by atoms with Gasteiger partial charge >= 0.3 is 35.5 Å². The van der Waals surface area contributed by atoms with E-state index in [9.17, 15) is 14.7 Å². The van der Waals surface area contributed by atoms with Crippen LogP contribution in [-0.2, 0) is 14.3 Å². The van der Waals surface area contributed by atoms with E-state index in [0.717, 1.165) is 19.3 Å². The molecule has 0 aliphatic rings. The van der Waals surface area contributed by atoms with Gasteiger partial charge in [0.05, 0.1) is 12.6 Å². The van der Waals surface area contributed by atoms with Gasteiger partial charge in [0.25, 0.3) is 0 Å². The quantitative estimate of drug-likeness (QED) is 0.139. The molecule has 0 unspecified atom stereocenters. The summed E-state index contributed by atoms with van der Waals surface area (Å²) in [5, 5.41) is 10.4. The maximum absolute atomic E-state index is 11.4. The number of unbranched alkanes of at least 4 members (excludes halogenated alkanes) is 12. The number of rotatable bonds is 20. The number of aliphatic carboxylic acids is 1. The summed E-state index contributed by atoms with van der Waals surface area (Å²) in [6, 6.07) is -1.10.